The third-order valence-electron chi connectivity index (χ3n) is 6.33. The standard InChI is InChI=1S/C24H29FN6O3S/c1-3-15-7-4-5-10-31(15)20(32)11-18(29-24(34)19-12-26-13-35-19)23(33)27-14(2)22-28-17-9-6-8-16(25)21(17)30-22/h6,8-9,12-15,18H,3-5,7,10-11H2,1-2H3,(H,27,33)(H,28,30)(H,29,34)/t14-,15?,18?/m0/s1. The molecular weight excluding hydrogens is 471 g/mol. The van der Waals surface area contributed by atoms with E-state index >= 15 is 0 Å². The largest absolute Gasteiger partial charge is 0.345 e. The zero-order valence-electron chi connectivity index (χ0n) is 19.7. The molecule has 35 heavy (non-hydrogen) atoms. The van der Waals surface area contributed by atoms with E-state index in [0.717, 1.165) is 37.0 Å². The normalized spacial score (nSPS) is 17.7. The number of aromatic nitrogens is 3. The molecule has 3 heterocycles. The van der Waals surface area contributed by atoms with Crippen molar-refractivity contribution in [2.75, 3.05) is 6.54 Å². The van der Waals surface area contributed by atoms with Gasteiger partial charge in [0.2, 0.25) is 11.8 Å². The summed E-state index contributed by atoms with van der Waals surface area (Å²) in [6.07, 6.45) is 5.03. The highest BCUT2D eigenvalue weighted by Crippen LogP contribution is 2.22. The summed E-state index contributed by atoms with van der Waals surface area (Å²) >= 11 is 1.15. The molecule has 11 heteroatoms. The Morgan fingerprint density at radius 2 is 2.11 bits per heavy atom. The van der Waals surface area contributed by atoms with Crippen LogP contribution in [0.5, 0.6) is 0 Å². The first-order chi connectivity index (χ1) is 16.9. The average molecular weight is 501 g/mol. The van der Waals surface area contributed by atoms with Crippen molar-refractivity contribution in [3.05, 3.63) is 46.4 Å². The monoisotopic (exact) mass is 500 g/mol. The van der Waals surface area contributed by atoms with Crippen LogP contribution in [0.1, 0.15) is 67.5 Å². The van der Waals surface area contributed by atoms with Crippen molar-refractivity contribution in [3.63, 3.8) is 0 Å². The highest BCUT2D eigenvalue weighted by molar-refractivity contribution is 7.11. The quantitative estimate of drug-likeness (QED) is 0.438. The molecule has 1 fully saturated rings. The van der Waals surface area contributed by atoms with Gasteiger partial charge in [0.1, 0.15) is 22.3 Å². The first-order valence-corrected chi connectivity index (χ1v) is 12.7. The lowest BCUT2D eigenvalue weighted by molar-refractivity contribution is -0.138. The minimum atomic E-state index is -1.08. The van der Waals surface area contributed by atoms with Crippen LogP contribution in [0.2, 0.25) is 0 Å². The first-order valence-electron chi connectivity index (χ1n) is 11.8. The van der Waals surface area contributed by atoms with Crippen LogP contribution < -0.4 is 10.6 Å². The first kappa shape index (κ1) is 24.8. The number of imidazole rings is 1. The van der Waals surface area contributed by atoms with Gasteiger partial charge >= 0.3 is 0 Å². The SMILES string of the molecule is CCC1CCCCN1C(=O)CC(NC(=O)c1cncs1)C(=O)N[C@@H](C)c1nc2c(F)cccc2[nH]1. The molecule has 3 aromatic rings. The average Bonchev–Trinajstić information content (AvgIpc) is 3.54. The lowest BCUT2D eigenvalue weighted by atomic mass is 9.99. The topological polar surface area (TPSA) is 120 Å². The van der Waals surface area contributed by atoms with Crippen molar-refractivity contribution in [3.8, 4) is 0 Å². The number of fused-ring (bicyclic) bond motifs is 1. The lowest BCUT2D eigenvalue weighted by Gasteiger charge is -2.36. The van der Waals surface area contributed by atoms with Gasteiger partial charge in [0.25, 0.3) is 5.91 Å². The van der Waals surface area contributed by atoms with Gasteiger partial charge in [-0.05, 0) is 44.7 Å². The number of para-hydroxylation sites is 1. The van der Waals surface area contributed by atoms with Crippen molar-refractivity contribution < 1.29 is 18.8 Å². The van der Waals surface area contributed by atoms with E-state index in [0.29, 0.717) is 22.8 Å². The maximum absolute atomic E-state index is 14.0. The van der Waals surface area contributed by atoms with Crippen molar-refractivity contribution in [2.24, 2.45) is 0 Å². The van der Waals surface area contributed by atoms with Crippen LogP contribution >= 0.6 is 11.3 Å². The summed E-state index contributed by atoms with van der Waals surface area (Å²) in [5, 5.41) is 5.50. The summed E-state index contributed by atoms with van der Waals surface area (Å²) in [7, 11) is 0. The Kier molecular flexibility index (Phi) is 7.74. The molecule has 0 bridgehead atoms. The van der Waals surface area contributed by atoms with E-state index in [9.17, 15) is 18.8 Å². The number of aromatic amines is 1. The van der Waals surface area contributed by atoms with E-state index in [1.807, 2.05) is 11.8 Å². The molecule has 1 saturated heterocycles. The van der Waals surface area contributed by atoms with E-state index in [4.69, 9.17) is 0 Å². The molecule has 0 saturated carbocycles. The van der Waals surface area contributed by atoms with Crippen molar-refractivity contribution >= 4 is 40.1 Å². The molecule has 3 amide bonds. The summed E-state index contributed by atoms with van der Waals surface area (Å²) in [5.74, 6) is -1.24. The van der Waals surface area contributed by atoms with E-state index in [2.05, 4.69) is 25.6 Å². The fraction of sp³-hybridized carbons (Fsp3) is 0.458. The predicted octanol–water partition coefficient (Wildman–Crippen LogP) is 3.32. The van der Waals surface area contributed by atoms with E-state index in [1.165, 1.54) is 17.8 Å². The summed E-state index contributed by atoms with van der Waals surface area (Å²) in [6, 6.07) is 3.04. The van der Waals surface area contributed by atoms with Crippen molar-refractivity contribution in [1.29, 1.82) is 0 Å². The Labute approximate surface area is 206 Å². The third-order valence-corrected chi connectivity index (χ3v) is 7.10. The molecule has 0 spiro atoms. The molecule has 0 aliphatic carbocycles. The number of piperidine rings is 1. The van der Waals surface area contributed by atoms with Gasteiger partial charge in [-0.3, -0.25) is 19.4 Å². The van der Waals surface area contributed by atoms with Gasteiger partial charge < -0.3 is 20.5 Å². The highest BCUT2D eigenvalue weighted by atomic mass is 32.1. The van der Waals surface area contributed by atoms with Crippen molar-refractivity contribution in [1.82, 2.24) is 30.5 Å². The molecule has 2 unspecified atom stereocenters. The van der Waals surface area contributed by atoms with Crippen LogP contribution in [0.3, 0.4) is 0 Å². The second-order valence-electron chi connectivity index (χ2n) is 8.73. The number of H-pyrrole nitrogens is 1. The van der Waals surface area contributed by atoms with Crippen LogP contribution in [0.25, 0.3) is 11.0 Å². The van der Waals surface area contributed by atoms with Gasteiger partial charge in [0, 0.05) is 12.6 Å². The maximum Gasteiger partial charge on any atom is 0.263 e. The summed E-state index contributed by atoms with van der Waals surface area (Å²) < 4.78 is 14.0. The molecular formula is C24H29FN6O3S. The number of hydrogen-bond acceptors (Lipinski definition) is 6. The Morgan fingerprint density at radius 3 is 2.83 bits per heavy atom. The minimum absolute atomic E-state index is 0.140. The number of likely N-dealkylation sites (tertiary alicyclic amines) is 1. The number of amides is 3. The van der Waals surface area contributed by atoms with Crippen LogP contribution in [0, 0.1) is 5.82 Å². The molecule has 1 aromatic carbocycles. The number of nitrogens with zero attached hydrogens (tertiary/aromatic N) is 3. The smallest absolute Gasteiger partial charge is 0.263 e. The number of hydrogen-bond donors (Lipinski definition) is 3. The van der Waals surface area contributed by atoms with Crippen LogP contribution in [0.15, 0.2) is 29.9 Å². The Morgan fingerprint density at radius 1 is 1.29 bits per heavy atom. The van der Waals surface area contributed by atoms with Gasteiger partial charge in [-0.15, -0.1) is 11.3 Å². The van der Waals surface area contributed by atoms with Crippen molar-refractivity contribution in [2.45, 2.75) is 64.1 Å². The fourth-order valence-corrected chi connectivity index (χ4v) is 4.94. The van der Waals surface area contributed by atoms with Crippen LogP contribution in [0.4, 0.5) is 4.39 Å². The van der Waals surface area contributed by atoms with Gasteiger partial charge in [-0.25, -0.2) is 9.37 Å². The van der Waals surface area contributed by atoms with Gasteiger partial charge in [-0.1, -0.05) is 13.0 Å². The van der Waals surface area contributed by atoms with Crippen LogP contribution in [-0.4, -0.2) is 56.2 Å². The number of rotatable bonds is 8. The highest BCUT2D eigenvalue weighted by Gasteiger charge is 2.32. The van der Waals surface area contributed by atoms with Crippen LogP contribution in [-0.2, 0) is 9.59 Å². The van der Waals surface area contributed by atoms with Gasteiger partial charge in [0.15, 0.2) is 5.82 Å². The molecule has 1 aliphatic heterocycles. The minimum Gasteiger partial charge on any atom is -0.345 e. The zero-order valence-corrected chi connectivity index (χ0v) is 20.5. The molecule has 2 aromatic heterocycles. The van der Waals surface area contributed by atoms with Gasteiger partial charge in [0.05, 0.1) is 29.7 Å². The maximum atomic E-state index is 14.0. The molecule has 1 aliphatic rings. The molecule has 0 radical (unpaired) electrons. The van der Waals surface area contributed by atoms with E-state index < -0.39 is 29.7 Å². The number of carbonyl (C=O) groups is 3. The number of thiazole rings is 1. The van der Waals surface area contributed by atoms with Gasteiger partial charge in [-0.2, -0.15) is 0 Å². The fourth-order valence-electron chi connectivity index (χ4n) is 4.42. The number of benzene rings is 1. The Hall–Kier alpha value is -3.34. The zero-order chi connectivity index (χ0) is 24.9. The predicted molar refractivity (Wildman–Crippen MR) is 130 cm³/mol. The number of nitrogens with one attached hydrogen (secondary N) is 3. The van der Waals surface area contributed by atoms with E-state index in [1.54, 1.807) is 19.1 Å². The molecule has 9 nitrogen and oxygen atoms in total. The molecule has 186 valence electrons. The van der Waals surface area contributed by atoms with E-state index in [-0.39, 0.29) is 23.9 Å². The Bertz CT molecular complexity index is 1200. The number of carbonyl (C=O) groups excluding carboxylic acids is 3. The molecule has 3 N–H and O–H groups in total. The third kappa shape index (κ3) is 5.67. The number of halogens is 1. The second kappa shape index (κ2) is 10.9. The Balaban J connectivity index is 1.50. The second-order valence-corrected chi connectivity index (χ2v) is 9.62. The molecule has 3 atom stereocenters. The lowest BCUT2D eigenvalue weighted by Crippen LogP contribution is -2.51. The summed E-state index contributed by atoms with van der Waals surface area (Å²) in [4.78, 5) is 52.5. The summed E-state index contributed by atoms with van der Waals surface area (Å²) in [6.45, 7) is 4.40. The summed E-state index contributed by atoms with van der Waals surface area (Å²) in [5.41, 5.74) is 2.23. The molecule has 4 rings (SSSR count).